The molecule has 7 nitrogen and oxygen atoms in total. The largest absolute Gasteiger partial charge is 0.497 e. The first-order valence-corrected chi connectivity index (χ1v) is 6.49. The number of methoxy groups -OCH3 is 1. The Morgan fingerprint density at radius 3 is 2.36 bits per heavy atom. The van der Waals surface area contributed by atoms with Crippen molar-refractivity contribution in [1.29, 1.82) is 0 Å². The number of nitrogens with zero attached hydrogens (tertiary/aromatic N) is 4. The molecule has 1 aromatic heterocycles. The lowest BCUT2D eigenvalue weighted by molar-refractivity contribution is -0.384. The van der Waals surface area contributed by atoms with Gasteiger partial charge in [-0.1, -0.05) is 5.21 Å². The Morgan fingerprint density at radius 2 is 1.77 bits per heavy atom. The SMILES string of the molecule is COc1ccc(-n2nncc2-c2ccc([N+](=O)[O-])cc2)cc1. The normalized spacial score (nSPS) is 10.4. The second kappa shape index (κ2) is 5.65. The standard InChI is InChI=1S/C15H12N4O3/c1-22-14-8-6-12(7-9-14)18-15(10-16-17-18)11-2-4-13(5-3-11)19(20)21/h2-10H,1H3. The van der Waals surface area contributed by atoms with Crippen molar-refractivity contribution < 1.29 is 9.66 Å². The van der Waals surface area contributed by atoms with Crippen LogP contribution in [0.1, 0.15) is 0 Å². The van der Waals surface area contributed by atoms with Gasteiger partial charge < -0.3 is 4.74 Å². The molecule has 0 amide bonds. The third kappa shape index (κ3) is 2.51. The van der Waals surface area contributed by atoms with E-state index in [0.717, 1.165) is 22.7 Å². The van der Waals surface area contributed by atoms with Crippen molar-refractivity contribution in [3.63, 3.8) is 0 Å². The summed E-state index contributed by atoms with van der Waals surface area (Å²) in [5.74, 6) is 0.751. The Hall–Kier alpha value is -3.22. The van der Waals surface area contributed by atoms with Crippen LogP contribution in [0.3, 0.4) is 0 Å². The van der Waals surface area contributed by atoms with Crippen molar-refractivity contribution in [1.82, 2.24) is 15.0 Å². The van der Waals surface area contributed by atoms with E-state index in [0.29, 0.717) is 0 Å². The van der Waals surface area contributed by atoms with Crippen LogP contribution in [0.2, 0.25) is 0 Å². The molecule has 2 aromatic carbocycles. The van der Waals surface area contributed by atoms with Crippen molar-refractivity contribution in [2.45, 2.75) is 0 Å². The van der Waals surface area contributed by atoms with Gasteiger partial charge in [-0.3, -0.25) is 10.1 Å². The monoisotopic (exact) mass is 296 g/mol. The van der Waals surface area contributed by atoms with Crippen LogP contribution in [0, 0.1) is 10.1 Å². The summed E-state index contributed by atoms with van der Waals surface area (Å²) in [5, 5.41) is 18.7. The van der Waals surface area contributed by atoms with Gasteiger partial charge >= 0.3 is 0 Å². The van der Waals surface area contributed by atoms with Crippen molar-refractivity contribution in [3.8, 4) is 22.7 Å². The predicted octanol–water partition coefficient (Wildman–Crippen LogP) is 2.85. The van der Waals surface area contributed by atoms with Gasteiger partial charge in [0, 0.05) is 17.7 Å². The highest BCUT2D eigenvalue weighted by Crippen LogP contribution is 2.24. The minimum absolute atomic E-state index is 0.0484. The highest BCUT2D eigenvalue weighted by molar-refractivity contribution is 5.62. The summed E-state index contributed by atoms with van der Waals surface area (Å²) in [6.07, 6.45) is 1.62. The molecule has 22 heavy (non-hydrogen) atoms. The van der Waals surface area contributed by atoms with E-state index in [9.17, 15) is 10.1 Å². The smallest absolute Gasteiger partial charge is 0.269 e. The van der Waals surface area contributed by atoms with E-state index >= 15 is 0 Å². The predicted molar refractivity (Wildman–Crippen MR) is 80.0 cm³/mol. The molecule has 0 aliphatic carbocycles. The van der Waals surface area contributed by atoms with E-state index in [2.05, 4.69) is 10.3 Å². The molecule has 0 radical (unpaired) electrons. The molecule has 0 unspecified atom stereocenters. The number of hydrogen-bond acceptors (Lipinski definition) is 5. The van der Waals surface area contributed by atoms with Crippen LogP contribution in [0.5, 0.6) is 5.75 Å². The Morgan fingerprint density at radius 1 is 1.09 bits per heavy atom. The molecule has 0 spiro atoms. The van der Waals surface area contributed by atoms with E-state index in [1.54, 1.807) is 30.1 Å². The van der Waals surface area contributed by atoms with Crippen LogP contribution < -0.4 is 4.74 Å². The lowest BCUT2D eigenvalue weighted by Gasteiger charge is -2.07. The summed E-state index contributed by atoms with van der Waals surface area (Å²) in [4.78, 5) is 10.3. The maximum atomic E-state index is 10.7. The number of nitro groups is 1. The van der Waals surface area contributed by atoms with Gasteiger partial charge in [-0.25, -0.2) is 4.68 Å². The van der Waals surface area contributed by atoms with E-state index in [1.807, 2.05) is 24.3 Å². The number of ether oxygens (including phenoxy) is 1. The van der Waals surface area contributed by atoms with Crippen molar-refractivity contribution in [2.24, 2.45) is 0 Å². The molecule has 0 N–H and O–H groups in total. The van der Waals surface area contributed by atoms with Crippen LogP contribution in [0.4, 0.5) is 5.69 Å². The number of nitro benzene ring substituents is 1. The highest BCUT2D eigenvalue weighted by Gasteiger charge is 2.11. The summed E-state index contributed by atoms with van der Waals surface area (Å²) in [7, 11) is 1.60. The van der Waals surface area contributed by atoms with Gasteiger partial charge in [0.1, 0.15) is 5.75 Å². The molecule has 3 rings (SSSR count). The van der Waals surface area contributed by atoms with Gasteiger partial charge in [-0.15, -0.1) is 5.10 Å². The van der Waals surface area contributed by atoms with Gasteiger partial charge in [0.2, 0.25) is 0 Å². The van der Waals surface area contributed by atoms with Crippen LogP contribution >= 0.6 is 0 Å². The van der Waals surface area contributed by atoms with Crippen LogP contribution in [0.25, 0.3) is 16.9 Å². The average molecular weight is 296 g/mol. The molecule has 0 aliphatic heterocycles. The lowest BCUT2D eigenvalue weighted by Crippen LogP contribution is -1.99. The maximum Gasteiger partial charge on any atom is 0.269 e. The summed E-state index contributed by atoms with van der Waals surface area (Å²) in [6.45, 7) is 0. The van der Waals surface area contributed by atoms with E-state index in [1.165, 1.54) is 12.1 Å². The summed E-state index contributed by atoms with van der Waals surface area (Å²) >= 11 is 0. The number of non-ortho nitro benzene ring substituents is 1. The van der Waals surface area contributed by atoms with Crippen LogP contribution in [-0.2, 0) is 0 Å². The van der Waals surface area contributed by atoms with Crippen molar-refractivity contribution >= 4 is 5.69 Å². The Balaban J connectivity index is 1.99. The molecule has 1 heterocycles. The molecular weight excluding hydrogens is 284 g/mol. The zero-order valence-corrected chi connectivity index (χ0v) is 11.7. The third-order valence-electron chi connectivity index (χ3n) is 3.24. The fourth-order valence-electron chi connectivity index (χ4n) is 2.10. The quantitative estimate of drug-likeness (QED) is 0.546. The van der Waals surface area contributed by atoms with Crippen LogP contribution in [-0.4, -0.2) is 27.0 Å². The van der Waals surface area contributed by atoms with Gasteiger partial charge in [-0.05, 0) is 36.4 Å². The zero-order chi connectivity index (χ0) is 15.5. The van der Waals surface area contributed by atoms with Crippen molar-refractivity contribution in [3.05, 3.63) is 64.8 Å². The number of aromatic nitrogens is 3. The average Bonchev–Trinajstić information content (AvgIpc) is 3.04. The Kier molecular flexibility index (Phi) is 3.53. The minimum atomic E-state index is -0.428. The van der Waals surface area contributed by atoms with E-state index in [4.69, 9.17) is 4.74 Å². The fraction of sp³-hybridized carbons (Fsp3) is 0.0667. The zero-order valence-electron chi connectivity index (χ0n) is 11.7. The molecule has 0 saturated carbocycles. The highest BCUT2D eigenvalue weighted by atomic mass is 16.6. The number of hydrogen-bond donors (Lipinski definition) is 0. The van der Waals surface area contributed by atoms with Crippen LogP contribution in [0.15, 0.2) is 54.7 Å². The van der Waals surface area contributed by atoms with Gasteiger partial charge in [0.05, 0.1) is 29.6 Å². The van der Waals surface area contributed by atoms with Crippen molar-refractivity contribution in [2.75, 3.05) is 7.11 Å². The van der Waals surface area contributed by atoms with Gasteiger partial charge in [-0.2, -0.15) is 0 Å². The summed E-state index contributed by atoms with van der Waals surface area (Å²) < 4.78 is 6.80. The summed E-state index contributed by atoms with van der Waals surface area (Å²) in [5.41, 5.74) is 2.42. The molecule has 3 aromatic rings. The first-order valence-electron chi connectivity index (χ1n) is 6.49. The van der Waals surface area contributed by atoms with E-state index in [-0.39, 0.29) is 5.69 Å². The minimum Gasteiger partial charge on any atom is -0.497 e. The Labute approximate surface area is 125 Å². The third-order valence-corrected chi connectivity index (χ3v) is 3.24. The molecule has 0 aliphatic rings. The first-order chi connectivity index (χ1) is 10.7. The van der Waals surface area contributed by atoms with E-state index < -0.39 is 4.92 Å². The first kappa shape index (κ1) is 13.7. The lowest BCUT2D eigenvalue weighted by atomic mass is 10.1. The fourth-order valence-corrected chi connectivity index (χ4v) is 2.10. The topological polar surface area (TPSA) is 83.1 Å². The molecule has 0 atom stereocenters. The second-order valence-electron chi connectivity index (χ2n) is 4.53. The number of benzene rings is 2. The molecule has 110 valence electrons. The second-order valence-corrected chi connectivity index (χ2v) is 4.53. The number of rotatable bonds is 4. The Bertz CT molecular complexity index is 794. The maximum absolute atomic E-state index is 10.7. The molecule has 0 fully saturated rings. The molecular formula is C15H12N4O3. The summed E-state index contributed by atoms with van der Waals surface area (Å²) in [6, 6.07) is 13.7. The molecule has 7 heteroatoms. The van der Waals surface area contributed by atoms with Gasteiger partial charge in [0.15, 0.2) is 0 Å². The van der Waals surface area contributed by atoms with Gasteiger partial charge in [0.25, 0.3) is 5.69 Å². The molecule has 0 saturated heterocycles. The molecule has 0 bridgehead atoms.